The molecule has 0 fully saturated rings. The third-order valence-electron chi connectivity index (χ3n) is 3.10. The van der Waals surface area contributed by atoms with Crippen LogP contribution in [0.4, 0.5) is 0 Å². The van der Waals surface area contributed by atoms with Gasteiger partial charge in [-0.15, -0.1) is 0 Å². The summed E-state index contributed by atoms with van der Waals surface area (Å²) in [6, 6.07) is 7.84. The predicted octanol–water partition coefficient (Wildman–Crippen LogP) is 2.48. The minimum Gasteiger partial charge on any atom is -0.383 e. The fourth-order valence-corrected chi connectivity index (χ4v) is 2.35. The molecule has 114 valence electrons. The van der Waals surface area contributed by atoms with Gasteiger partial charge in [0.05, 0.1) is 6.61 Å². The van der Waals surface area contributed by atoms with E-state index in [2.05, 4.69) is 22.4 Å². The van der Waals surface area contributed by atoms with Gasteiger partial charge in [-0.1, -0.05) is 41.9 Å². The van der Waals surface area contributed by atoms with E-state index in [0.29, 0.717) is 36.2 Å². The summed E-state index contributed by atoms with van der Waals surface area (Å²) in [6.07, 6.45) is 1.22. The predicted molar refractivity (Wildman–Crippen MR) is 81.6 cm³/mol. The van der Waals surface area contributed by atoms with E-state index < -0.39 is 0 Å². The van der Waals surface area contributed by atoms with Crippen LogP contribution in [0, 0.1) is 0 Å². The monoisotopic (exact) mass is 309 g/mol. The van der Waals surface area contributed by atoms with E-state index in [4.69, 9.17) is 20.9 Å². The first-order valence-corrected chi connectivity index (χ1v) is 7.38. The van der Waals surface area contributed by atoms with Crippen LogP contribution in [0.2, 0.25) is 5.02 Å². The molecule has 6 heteroatoms. The van der Waals surface area contributed by atoms with Crippen LogP contribution in [0.1, 0.15) is 24.2 Å². The number of benzene rings is 1. The maximum absolute atomic E-state index is 6.14. The molecule has 0 amide bonds. The summed E-state index contributed by atoms with van der Waals surface area (Å²) in [5.74, 6) is 1.26. The largest absolute Gasteiger partial charge is 0.383 e. The molecule has 2 rings (SSSR count). The highest BCUT2D eigenvalue weighted by atomic mass is 35.5. The topological polar surface area (TPSA) is 60.2 Å². The lowest BCUT2D eigenvalue weighted by Gasteiger charge is -2.14. The average molecular weight is 310 g/mol. The second-order valence-electron chi connectivity index (χ2n) is 4.79. The van der Waals surface area contributed by atoms with E-state index in [0.717, 1.165) is 12.1 Å². The van der Waals surface area contributed by atoms with Gasteiger partial charge < -0.3 is 14.6 Å². The van der Waals surface area contributed by atoms with Crippen LogP contribution < -0.4 is 5.32 Å². The Bertz CT molecular complexity index is 553. The molecule has 5 nitrogen and oxygen atoms in total. The third kappa shape index (κ3) is 4.81. The molecule has 0 aliphatic carbocycles. The quantitative estimate of drug-likeness (QED) is 0.812. The van der Waals surface area contributed by atoms with Crippen molar-refractivity contribution in [3.63, 3.8) is 0 Å². The standard InChI is InChI=1S/C15H20ClN3O2/c1-3-17-12(10-20-2)9-15-18-14(19-21-15)8-11-6-4-5-7-13(11)16/h4-7,12,17H,3,8-10H2,1-2H3. The smallest absolute Gasteiger partial charge is 0.228 e. The SMILES string of the molecule is CCNC(COC)Cc1nc(Cc2ccccc2Cl)no1. The van der Waals surface area contributed by atoms with E-state index in [1.54, 1.807) is 7.11 Å². The highest BCUT2D eigenvalue weighted by Gasteiger charge is 2.14. The molecule has 0 saturated carbocycles. The second-order valence-corrected chi connectivity index (χ2v) is 5.19. The van der Waals surface area contributed by atoms with Crippen LogP contribution in [0.5, 0.6) is 0 Å². The Morgan fingerprint density at radius 1 is 1.38 bits per heavy atom. The van der Waals surface area contributed by atoms with Crippen molar-refractivity contribution in [1.29, 1.82) is 0 Å². The fraction of sp³-hybridized carbons (Fsp3) is 0.467. The molecule has 1 aromatic carbocycles. The number of rotatable bonds is 8. The Morgan fingerprint density at radius 2 is 2.19 bits per heavy atom. The summed E-state index contributed by atoms with van der Waals surface area (Å²) in [7, 11) is 1.68. The third-order valence-corrected chi connectivity index (χ3v) is 3.47. The Labute approximate surface area is 129 Å². The van der Waals surface area contributed by atoms with Crippen molar-refractivity contribution in [1.82, 2.24) is 15.5 Å². The Hall–Kier alpha value is -1.43. The number of nitrogens with one attached hydrogen (secondary N) is 1. The molecule has 0 aliphatic heterocycles. The molecule has 2 aromatic rings. The minimum atomic E-state index is 0.175. The van der Waals surface area contributed by atoms with Gasteiger partial charge in [-0.3, -0.25) is 0 Å². The van der Waals surface area contributed by atoms with Gasteiger partial charge in [-0.2, -0.15) is 4.98 Å². The van der Waals surface area contributed by atoms with Crippen LogP contribution in [0.15, 0.2) is 28.8 Å². The van der Waals surface area contributed by atoms with E-state index >= 15 is 0 Å². The maximum Gasteiger partial charge on any atom is 0.228 e. The van der Waals surface area contributed by atoms with Gasteiger partial charge in [-0.05, 0) is 18.2 Å². The first-order chi connectivity index (χ1) is 10.2. The molecular weight excluding hydrogens is 290 g/mol. The van der Waals surface area contributed by atoms with E-state index in [1.165, 1.54) is 0 Å². The second kappa shape index (κ2) is 8.12. The van der Waals surface area contributed by atoms with E-state index in [-0.39, 0.29) is 6.04 Å². The molecule has 21 heavy (non-hydrogen) atoms. The molecule has 0 bridgehead atoms. The summed E-state index contributed by atoms with van der Waals surface area (Å²) in [4.78, 5) is 4.42. The lowest BCUT2D eigenvalue weighted by atomic mass is 10.1. The average Bonchev–Trinajstić information content (AvgIpc) is 2.89. The number of likely N-dealkylation sites (N-methyl/N-ethyl adjacent to an activating group) is 1. The summed E-state index contributed by atoms with van der Waals surface area (Å²) >= 11 is 6.14. The van der Waals surface area contributed by atoms with Gasteiger partial charge in [0.25, 0.3) is 0 Å². The van der Waals surface area contributed by atoms with Crippen LogP contribution in [-0.4, -0.2) is 36.4 Å². The summed E-state index contributed by atoms with van der Waals surface area (Å²) in [5, 5.41) is 8.06. The highest BCUT2D eigenvalue weighted by molar-refractivity contribution is 6.31. The van der Waals surface area contributed by atoms with Crippen molar-refractivity contribution in [2.45, 2.75) is 25.8 Å². The van der Waals surface area contributed by atoms with Crippen LogP contribution in [0.3, 0.4) is 0 Å². The van der Waals surface area contributed by atoms with Gasteiger partial charge >= 0.3 is 0 Å². The fourth-order valence-electron chi connectivity index (χ4n) is 2.15. The number of hydrogen-bond donors (Lipinski definition) is 1. The van der Waals surface area contributed by atoms with E-state index in [9.17, 15) is 0 Å². The van der Waals surface area contributed by atoms with E-state index in [1.807, 2.05) is 24.3 Å². The minimum absolute atomic E-state index is 0.175. The van der Waals surface area contributed by atoms with Crippen molar-refractivity contribution >= 4 is 11.6 Å². The molecule has 1 aromatic heterocycles. The molecular formula is C15H20ClN3O2. The van der Waals surface area contributed by atoms with Gasteiger partial charge in [0.15, 0.2) is 5.82 Å². The number of aromatic nitrogens is 2. The van der Waals surface area contributed by atoms with Gasteiger partial charge in [0.1, 0.15) is 0 Å². The van der Waals surface area contributed by atoms with Crippen molar-refractivity contribution in [2.24, 2.45) is 0 Å². The molecule has 0 saturated heterocycles. The lowest BCUT2D eigenvalue weighted by molar-refractivity contribution is 0.162. The highest BCUT2D eigenvalue weighted by Crippen LogP contribution is 2.17. The number of ether oxygens (including phenoxy) is 1. The van der Waals surface area contributed by atoms with Crippen LogP contribution >= 0.6 is 11.6 Å². The number of nitrogens with zero attached hydrogens (tertiary/aromatic N) is 2. The molecule has 0 radical (unpaired) electrons. The maximum atomic E-state index is 6.14. The van der Waals surface area contributed by atoms with Crippen LogP contribution in [0.25, 0.3) is 0 Å². The van der Waals surface area contributed by atoms with Crippen molar-refractivity contribution in [2.75, 3.05) is 20.3 Å². The first-order valence-electron chi connectivity index (χ1n) is 7.00. The molecule has 1 N–H and O–H groups in total. The molecule has 0 spiro atoms. The zero-order valence-electron chi connectivity index (χ0n) is 12.3. The summed E-state index contributed by atoms with van der Waals surface area (Å²) in [5.41, 5.74) is 0.992. The van der Waals surface area contributed by atoms with Gasteiger partial charge in [0, 0.05) is 31.0 Å². The molecule has 0 aliphatic rings. The zero-order chi connectivity index (χ0) is 15.1. The number of halogens is 1. The normalized spacial score (nSPS) is 12.5. The zero-order valence-corrected chi connectivity index (χ0v) is 13.1. The Morgan fingerprint density at radius 3 is 2.90 bits per heavy atom. The number of methoxy groups -OCH3 is 1. The number of hydrogen-bond acceptors (Lipinski definition) is 5. The van der Waals surface area contributed by atoms with Crippen molar-refractivity contribution in [3.8, 4) is 0 Å². The summed E-state index contributed by atoms with van der Waals surface area (Å²) in [6.45, 7) is 3.53. The lowest BCUT2D eigenvalue weighted by Crippen LogP contribution is -2.35. The Kier molecular flexibility index (Phi) is 6.17. The van der Waals surface area contributed by atoms with Gasteiger partial charge in [0.2, 0.25) is 5.89 Å². The molecule has 1 atom stereocenters. The van der Waals surface area contributed by atoms with Crippen LogP contribution in [-0.2, 0) is 17.6 Å². The van der Waals surface area contributed by atoms with Gasteiger partial charge in [-0.25, -0.2) is 0 Å². The molecule has 1 unspecified atom stereocenters. The first kappa shape index (κ1) is 15.9. The Balaban J connectivity index is 1.99. The summed E-state index contributed by atoms with van der Waals surface area (Å²) < 4.78 is 10.5. The van der Waals surface area contributed by atoms with Crippen molar-refractivity contribution in [3.05, 3.63) is 46.6 Å². The van der Waals surface area contributed by atoms with Crippen molar-refractivity contribution < 1.29 is 9.26 Å². The molecule has 1 heterocycles.